The molecule has 0 radical (unpaired) electrons. The molecule has 1 unspecified atom stereocenters. The summed E-state index contributed by atoms with van der Waals surface area (Å²) in [6.07, 6.45) is 3.87. The van der Waals surface area contributed by atoms with Gasteiger partial charge in [0, 0.05) is 10.9 Å². The van der Waals surface area contributed by atoms with Crippen molar-refractivity contribution in [1.29, 1.82) is 0 Å². The first-order chi connectivity index (χ1) is 7.59. The van der Waals surface area contributed by atoms with Gasteiger partial charge < -0.3 is 5.32 Å². The molecule has 1 N–H and O–H groups in total. The van der Waals surface area contributed by atoms with Gasteiger partial charge >= 0.3 is 0 Å². The van der Waals surface area contributed by atoms with Crippen LogP contribution < -0.4 is 5.32 Å². The van der Waals surface area contributed by atoms with E-state index in [2.05, 4.69) is 44.5 Å². The fourth-order valence-electron chi connectivity index (χ4n) is 1.80. The van der Waals surface area contributed by atoms with Gasteiger partial charge in [0.1, 0.15) is 0 Å². The highest BCUT2D eigenvalue weighted by molar-refractivity contribution is 7.10. The summed E-state index contributed by atoms with van der Waals surface area (Å²) in [6, 6.07) is 2.84. The lowest BCUT2D eigenvalue weighted by atomic mass is 10.0. The van der Waals surface area contributed by atoms with Crippen molar-refractivity contribution in [2.75, 3.05) is 6.54 Å². The average Bonchev–Trinajstić information content (AvgIpc) is 2.60. The minimum absolute atomic E-state index is 0.617. The van der Waals surface area contributed by atoms with Gasteiger partial charge in [0.15, 0.2) is 0 Å². The molecular formula is C14H25NS. The van der Waals surface area contributed by atoms with Crippen molar-refractivity contribution in [3.8, 4) is 0 Å². The first-order valence-electron chi connectivity index (χ1n) is 6.36. The molecule has 0 amide bonds. The van der Waals surface area contributed by atoms with Crippen LogP contribution >= 0.6 is 11.3 Å². The van der Waals surface area contributed by atoms with Crippen molar-refractivity contribution >= 4 is 11.3 Å². The minimum Gasteiger partial charge on any atom is -0.315 e. The molecule has 0 aliphatic rings. The van der Waals surface area contributed by atoms with E-state index in [9.17, 15) is 0 Å². The lowest BCUT2D eigenvalue weighted by Crippen LogP contribution is -2.24. The number of hydrogen-bond acceptors (Lipinski definition) is 2. The van der Waals surface area contributed by atoms with Crippen LogP contribution in [-0.2, 0) is 6.42 Å². The lowest BCUT2D eigenvalue weighted by Gasteiger charge is -2.13. The van der Waals surface area contributed by atoms with Crippen molar-refractivity contribution in [3.63, 3.8) is 0 Å². The second-order valence-corrected chi connectivity index (χ2v) is 6.07. The summed E-state index contributed by atoms with van der Waals surface area (Å²) in [7, 11) is 0. The highest BCUT2D eigenvalue weighted by Crippen LogP contribution is 2.20. The van der Waals surface area contributed by atoms with Crippen molar-refractivity contribution in [3.05, 3.63) is 21.9 Å². The summed E-state index contributed by atoms with van der Waals surface area (Å²) in [5.74, 6) is 0.827. The summed E-state index contributed by atoms with van der Waals surface area (Å²) in [6.45, 7) is 10.2. The molecule has 1 nitrogen and oxygen atoms in total. The van der Waals surface area contributed by atoms with Gasteiger partial charge in [0.25, 0.3) is 0 Å². The van der Waals surface area contributed by atoms with Crippen molar-refractivity contribution in [2.45, 2.75) is 53.0 Å². The highest BCUT2D eigenvalue weighted by Gasteiger charge is 2.05. The maximum atomic E-state index is 3.48. The van der Waals surface area contributed by atoms with Crippen molar-refractivity contribution in [2.24, 2.45) is 5.92 Å². The second kappa shape index (κ2) is 7.08. The Bertz CT molecular complexity index is 291. The van der Waals surface area contributed by atoms with Gasteiger partial charge in [-0.25, -0.2) is 0 Å². The Labute approximate surface area is 104 Å². The minimum atomic E-state index is 0.617. The zero-order chi connectivity index (χ0) is 12.0. The number of thiophene rings is 1. The third kappa shape index (κ3) is 5.13. The van der Waals surface area contributed by atoms with Crippen LogP contribution in [-0.4, -0.2) is 12.6 Å². The van der Waals surface area contributed by atoms with Crippen LogP contribution in [0.3, 0.4) is 0 Å². The standard InChI is InChI=1S/C14H25NS/c1-11(2)15-9-7-12(3)5-6-14-13(4)8-10-16-14/h8,10-12,15H,5-7,9H2,1-4H3. The van der Waals surface area contributed by atoms with E-state index in [0.29, 0.717) is 6.04 Å². The number of aryl methyl sites for hydroxylation is 2. The van der Waals surface area contributed by atoms with E-state index in [0.717, 1.165) is 12.5 Å². The van der Waals surface area contributed by atoms with Gasteiger partial charge in [0.05, 0.1) is 0 Å². The molecular weight excluding hydrogens is 214 g/mol. The summed E-state index contributed by atoms with van der Waals surface area (Å²) >= 11 is 1.90. The molecule has 1 aromatic rings. The fourth-order valence-corrected chi connectivity index (χ4v) is 2.73. The van der Waals surface area contributed by atoms with Crippen LogP contribution in [0.1, 0.15) is 44.1 Å². The van der Waals surface area contributed by atoms with Crippen molar-refractivity contribution in [1.82, 2.24) is 5.32 Å². The molecule has 92 valence electrons. The molecule has 1 atom stereocenters. The van der Waals surface area contributed by atoms with E-state index in [1.165, 1.54) is 24.8 Å². The first-order valence-corrected chi connectivity index (χ1v) is 7.24. The van der Waals surface area contributed by atoms with Crippen LogP contribution in [0.5, 0.6) is 0 Å². The monoisotopic (exact) mass is 239 g/mol. The molecule has 1 heterocycles. The second-order valence-electron chi connectivity index (χ2n) is 5.07. The number of rotatable bonds is 7. The van der Waals surface area contributed by atoms with E-state index >= 15 is 0 Å². The molecule has 1 aromatic heterocycles. The highest BCUT2D eigenvalue weighted by atomic mass is 32.1. The average molecular weight is 239 g/mol. The fraction of sp³-hybridized carbons (Fsp3) is 0.714. The van der Waals surface area contributed by atoms with Gasteiger partial charge in [-0.15, -0.1) is 11.3 Å². The van der Waals surface area contributed by atoms with Crippen LogP contribution in [0.2, 0.25) is 0 Å². The Morgan fingerprint density at radius 1 is 1.25 bits per heavy atom. The predicted octanol–water partition coefficient (Wildman–Crippen LogP) is 4.01. The van der Waals surface area contributed by atoms with Gasteiger partial charge in [0.2, 0.25) is 0 Å². The van der Waals surface area contributed by atoms with Crippen LogP contribution in [0.4, 0.5) is 0 Å². The summed E-state index contributed by atoms with van der Waals surface area (Å²) in [4.78, 5) is 1.57. The molecule has 0 spiro atoms. The van der Waals surface area contributed by atoms with Gasteiger partial charge in [-0.1, -0.05) is 20.8 Å². The van der Waals surface area contributed by atoms with E-state index in [-0.39, 0.29) is 0 Å². The smallest absolute Gasteiger partial charge is 0.00745 e. The molecule has 2 heteroatoms. The zero-order valence-corrected chi connectivity index (χ0v) is 11.9. The number of hydrogen-bond donors (Lipinski definition) is 1. The van der Waals surface area contributed by atoms with Gasteiger partial charge in [-0.2, -0.15) is 0 Å². The molecule has 16 heavy (non-hydrogen) atoms. The molecule has 0 aliphatic heterocycles. The Hall–Kier alpha value is -0.340. The summed E-state index contributed by atoms with van der Waals surface area (Å²) in [5, 5.41) is 5.69. The van der Waals surface area contributed by atoms with Crippen molar-refractivity contribution < 1.29 is 0 Å². The molecule has 1 rings (SSSR count). The first kappa shape index (κ1) is 13.7. The van der Waals surface area contributed by atoms with Gasteiger partial charge in [-0.05, 0) is 55.7 Å². The lowest BCUT2D eigenvalue weighted by molar-refractivity contribution is 0.454. The third-order valence-corrected chi connectivity index (χ3v) is 4.10. The molecule has 0 bridgehead atoms. The molecule has 0 saturated carbocycles. The Morgan fingerprint density at radius 2 is 2.00 bits per heavy atom. The third-order valence-electron chi connectivity index (χ3n) is 3.02. The van der Waals surface area contributed by atoms with E-state index in [4.69, 9.17) is 0 Å². The van der Waals surface area contributed by atoms with Crippen LogP contribution in [0.15, 0.2) is 11.4 Å². The molecule has 0 saturated heterocycles. The molecule has 0 aliphatic carbocycles. The number of nitrogens with one attached hydrogen (secondary N) is 1. The topological polar surface area (TPSA) is 12.0 Å². The molecule has 0 aromatic carbocycles. The van der Waals surface area contributed by atoms with E-state index < -0.39 is 0 Å². The Morgan fingerprint density at radius 3 is 2.56 bits per heavy atom. The Kier molecular flexibility index (Phi) is 6.07. The van der Waals surface area contributed by atoms with E-state index in [1.54, 1.807) is 4.88 Å². The van der Waals surface area contributed by atoms with Gasteiger partial charge in [-0.3, -0.25) is 0 Å². The predicted molar refractivity (Wildman–Crippen MR) is 74.3 cm³/mol. The molecule has 0 fully saturated rings. The SMILES string of the molecule is Cc1ccsc1CCC(C)CCNC(C)C. The van der Waals surface area contributed by atoms with Crippen LogP contribution in [0, 0.1) is 12.8 Å². The summed E-state index contributed by atoms with van der Waals surface area (Å²) < 4.78 is 0. The van der Waals surface area contributed by atoms with Crippen LogP contribution in [0.25, 0.3) is 0 Å². The largest absolute Gasteiger partial charge is 0.315 e. The maximum absolute atomic E-state index is 3.48. The van der Waals surface area contributed by atoms with E-state index in [1.807, 2.05) is 11.3 Å². The maximum Gasteiger partial charge on any atom is 0.00745 e. The normalized spacial score (nSPS) is 13.3. The quantitative estimate of drug-likeness (QED) is 0.758. The Balaban J connectivity index is 2.15. The summed E-state index contributed by atoms with van der Waals surface area (Å²) in [5.41, 5.74) is 1.47. The zero-order valence-electron chi connectivity index (χ0n) is 11.0.